The molecule has 202 valence electrons. The van der Waals surface area contributed by atoms with Gasteiger partial charge in [0.1, 0.15) is 0 Å². The number of benzene rings is 3. The molecule has 0 saturated carbocycles. The number of hydrogen-bond donors (Lipinski definition) is 2. The highest BCUT2D eigenvalue weighted by Crippen LogP contribution is 2.24. The Morgan fingerprint density at radius 2 is 1.42 bits per heavy atom. The number of hydrogen-bond acceptors (Lipinski definition) is 4. The predicted octanol–water partition coefficient (Wildman–Crippen LogP) is 6.04. The van der Waals surface area contributed by atoms with Crippen molar-refractivity contribution in [2.75, 3.05) is 27.7 Å². The molecular weight excluding hydrogens is 498 g/mol. The van der Waals surface area contributed by atoms with Gasteiger partial charge in [-0.1, -0.05) is 45.0 Å². The Morgan fingerprint density at radius 3 is 1.97 bits per heavy atom. The Kier molecular flexibility index (Phi) is 8.99. The van der Waals surface area contributed by atoms with Gasteiger partial charge < -0.3 is 10.6 Å². The predicted molar refractivity (Wildman–Crippen MR) is 156 cm³/mol. The SMILES string of the molecule is Cc1cc(C)cc(N(CCCC(=O)Nc2cccc(NC(=O)c3ccc(C(C)(C)C)cc3)c2)S(C)(=O)=O)c1. The van der Waals surface area contributed by atoms with Crippen LogP contribution in [0.4, 0.5) is 17.1 Å². The smallest absolute Gasteiger partial charge is 0.255 e. The van der Waals surface area contributed by atoms with Gasteiger partial charge in [0.15, 0.2) is 0 Å². The van der Waals surface area contributed by atoms with Crippen LogP contribution in [-0.4, -0.2) is 33.0 Å². The first kappa shape index (κ1) is 28.9. The third-order valence-corrected chi connectivity index (χ3v) is 7.27. The molecule has 3 aromatic rings. The van der Waals surface area contributed by atoms with E-state index in [1.807, 2.05) is 44.2 Å². The minimum atomic E-state index is -3.50. The lowest BCUT2D eigenvalue weighted by molar-refractivity contribution is -0.116. The fourth-order valence-corrected chi connectivity index (χ4v) is 5.14. The van der Waals surface area contributed by atoms with Gasteiger partial charge in [-0.2, -0.15) is 0 Å². The van der Waals surface area contributed by atoms with Gasteiger partial charge in [0.2, 0.25) is 15.9 Å². The third-order valence-electron chi connectivity index (χ3n) is 6.08. The number of anilines is 3. The Hall–Kier alpha value is -3.65. The molecule has 0 aliphatic carbocycles. The molecule has 0 heterocycles. The Morgan fingerprint density at radius 1 is 0.842 bits per heavy atom. The van der Waals surface area contributed by atoms with Gasteiger partial charge in [-0.25, -0.2) is 8.42 Å². The van der Waals surface area contributed by atoms with E-state index in [4.69, 9.17) is 0 Å². The lowest BCUT2D eigenvalue weighted by atomic mass is 9.87. The first-order valence-corrected chi connectivity index (χ1v) is 14.4. The molecule has 0 bridgehead atoms. The molecule has 0 spiro atoms. The summed E-state index contributed by atoms with van der Waals surface area (Å²) >= 11 is 0. The third kappa shape index (κ3) is 8.18. The summed E-state index contributed by atoms with van der Waals surface area (Å²) in [6, 6.07) is 20.1. The average molecular weight is 536 g/mol. The number of aryl methyl sites for hydroxylation is 2. The van der Waals surface area contributed by atoms with Crippen LogP contribution in [0.2, 0.25) is 0 Å². The van der Waals surface area contributed by atoms with Crippen molar-refractivity contribution < 1.29 is 18.0 Å². The molecule has 0 aliphatic heterocycles. The van der Waals surface area contributed by atoms with Gasteiger partial charge >= 0.3 is 0 Å². The van der Waals surface area contributed by atoms with E-state index in [1.54, 1.807) is 36.4 Å². The summed E-state index contributed by atoms with van der Waals surface area (Å²) in [4.78, 5) is 25.3. The number of rotatable bonds is 9. The summed E-state index contributed by atoms with van der Waals surface area (Å²) in [7, 11) is -3.50. The minimum absolute atomic E-state index is 0.00422. The van der Waals surface area contributed by atoms with Crippen LogP contribution >= 0.6 is 0 Å². The molecule has 8 heteroatoms. The van der Waals surface area contributed by atoms with Crippen molar-refractivity contribution in [2.45, 2.75) is 52.9 Å². The normalized spacial score (nSPS) is 11.6. The van der Waals surface area contributed by atoms with E-state index in [1.165, 1.54) is 10.6 Å². The highest BCUT2D eigenvalue weighted by atomic mass is 32.2. The molecule has 7 nitrogen and oxygen atoms in total. The molecule has 0 unspecified atom stereocenters. The van der Waals surface area contributed by atoms with Crippen molar-refractivity contribution in [1.82, 2.24) is 0 Å². The number of nitrogens with one attached hydrogen (secondary N) is 2. The summed E-state index contributed by atoms with van der Waals surface area (Å²) in [5.41, 5.74) is 5.35. The number of carbonyl (C=O) groups is 2. The van der Waals surface area contributed by atoms with Crippen LogP contribution in [0.5, 0.6) is 0 Å². The van der Waals surface area contributed by atoms with Crippen molar-refractivity contribution in [3.05, 3.63) is 89.0 Å². The van der Waals surface area contributed by atoms with Crippen LogP contribution in [0.3, 0.4) is 0 Å². The summed E-state index contributed by atoms with van der Waals surface area (Å²) in [6.07, 6.45) is 1.67. The minimum Gasteiger partial charge on any atom is -0.326 e. The molecule has 2 amide bonds. The van der Waals surface area contributed by atoms with E-state index in [-0.39, 0.29) is 30.2 Å². The fourth-order valence-electron chi connectivity index (χ4n) is 4.19. The lowest BCUT2D eigenvalue weighted by Gasteiger charge is -2.23. The second kappa shape index (κ2) is 11.8. The molecule has 3 rings (SSSR count). The molecule has 2 N–H and O–H groups in total. The molecule has 0 aliphatic rings. The molecule has 0 aromatic heterocycles. The summed E-state index contributed by atoms with van der Waals surface area (Å²) in [6.45, 7) is 10.4. The Labute approximate surface area is 226 Å². The second-order valence-corrected chi connectivity index (χ2v) is 12.6. The zero-order valence-corrected chi connectivity index (χ0v) is 23.8. The largest absolute Gasteiger partial charge is 0.326 e. The standard InChI is InChI=1S/C30H37N3O4S/c1-21-17-22(2)19-27(18-21)33(38(6,36)37)16-8-11-28(34)31-25-9-7-10-26(20-25)32-29(35)23-12-14-24(15-13-23)30(3,4)5/h7,9-10,12-15,17-20H,8,11,16H2,1-6H3,(H,31,34)(H,32,35). The lowest BCUT2D eigenvalue weighted by Crippen LogP contribution is -2.31. The van der Waals surface area contributed by atoms with E-state index >= 15 is 0 Å². The number of sulfonamides is 1. The molecule has 0 atom stereocenters. The Bertz CT molecular complexity index is 1390. The van der Waals surface area contributed by atoms with Gasteiger partial charge in [-0.05, 0) is 84.8 Å². The quantitative estimate of drug-likeness (QED) is 0.349. The van der Waals surface area contributed by atoms with Crippen LogP contribution in [0.1, 0.15) is 60.7 Å². The maximum absolute atomic E-state index is 12.7. The Balaban J connectivity index is 1.58. The van der Waals surface area contributed by atoms with Gasteiger partial charge in [0.25, 0.3) is 5.91 Å². The van der Waals surface area contributed by atoms with Crippen LogP contribution in [-0.2, 0) is 20.2 Å². The highest BCUT2D eigenvalue weighted by molar-refractivity contribution is 7.92. The summed E-state index contributed by atoms with van der Waals surface area (Å²) in [5.74, 6) is -0.471. The molecule has 0 fully saturated rings. The zero-order valence-electron chi connectivity index (χ0n) is 23.0. The van der Waals surface area contributed by atoms with Crippen LogP contribution in [0.15, 0.2) is 66.7 Å². The second-order valence-electron chi connectivity index (χ2n) is 10.7. The van der Waals surface area contributed by atoms with E-state index in [0.29, 0.717) is 29.0 Å². The monoisotopic (exact) mass is 535 g/mol. The van der Waals surface area contributed by atoms with Crippen molar-refractivity contribution in [1.29, 1.82) is 0 Å². The summed E-state index contributed by atoms with van der Waals surface area (Å²) < 4.78 is 26.1. The van der Waals surface area contributed by atoms with Crippen molar-refractivity contribution in [2.24, 2.45) is 0 Å². The molecule has 0 radical (unpaired) electrons. The van der Waals surface area contributed by atoms with Crippen molar-refractivity contribution in [3.63, 3.8) is 0 Å². The maximum atomic E-state index is 12.7. The van der Waals surface area contributed by atoms with Crippen LogP contribution < -0.4 is 14.9 Å². The molecule has 3 aromatic carbocycles. The van der Waals surface area contributed by atoms with Crippen LogP contribution in [0, 0.1) is 13.8 Å². The summed E-state index contributed by atoms with van der Waals surface area (Å²) in [5, 5.41) is 5.70. The van der Waals surface area contributed by atoms with Gasteiger partial charge in [0, 0.05) is 29.9 Å². The topological polar surface area (TPSA) is 95.6 Å². The van der Waals surface area contributed by atoms with Crippen molar-refractivity contribution >= 4 is 38.9 Å². The zero-order chi connectivity index (χ0) is 28.1. The van der Waals surface area contributed by atoms with Gasteiger partial charge in [0.05, 0.1) is 11.9 Å². The van der Waals surface area contributed by atoms with E-state index < -0.39 is 10.0 Å². The van der Waals surface area contributed by atoms with Crippen molar-refractivity contribution in [3.8, 4) is 0 Å². The maximum Gasteiger partial charge on any atom is 0.255 e. The first-order chi connectivity index (χ1) is 17.7. The number of carbonyl (C=O) groups excluding carboxylic acids is 2. The van der Waals surface area contributed by atoms with Crippen LogP contribution in [0.25, 0.3) is 0 Å². The van der Waals surface area contributed by atoms with E-state index in [2.05, 4.69) is 31.4 Å². The van der Waals surface area contributed by atoms with Gasteiger partial charge in [-0.3, -0.25) is 13.9 Å². The number of amides is 2. The van der Waals surface area contributed by atoms with E-state index in [0.717, 1.165) is 16.7 Å². The number of nitrogens with zero attached hydrogens (tertiary/aromatic N) is 1. The molecular formula is C30H37N3O4S. The first-order valence-electron chi connectivity index (χ1n) is 12.6. The molecule has 0 saturated heterocycles. The molecule has 38 heavy (non-hydrogen) atoms. The van der Waals surface area contributed by atoms with E-state index in [9.17, 15) is 18.0 Å². The highest BCUT2D eigenvalue weighted by Gasteiger charge is 2.18. The van der Waals surface area contributed by atoms with Gasteiger partial charge in [-0.15, -0.1) is 0 Å². The fraction of sp³-hybridized carbons (Fsp3) is 0.333. The average Bonchev–Trinajstić information content (AvgIpc) is 2.80.